The first-order chi connectivity index (χ1) is 17.3. The molecule has 11 N–H and O–H groups in total. The van der Waals surface area contributed by atoms with Crippen molar-refractivity contribution in [1.29, 1.82) is 0 Å². The highest BCUT2D eigenvalue weighted by Gasteiger charge is 2.30. The van der Waals surface area contributed by atoms with Gasteiger partial charge in [-0.05, 0) is 49.8 Å². The van der Waals surface area contributed by atoms with Crippen molar-refractivity contribution in [3.8, 4) is 5.75 Å². The van der Waals surface area contributed by atoms with Crippen molar-refractivity contribution in [2.45, 2.75) is 70.6 Å². The summed E-state index contributed by atoms with van der Waals surface area (Å²) in [7, 11) is 0. The first-order valence-corrected chi connectivity index (χ1v) is 12.0. The number of hydrogen-bond acceptors (Lipinski definition) is 7. The van der Waals surface area contributed by atoms with Crippen LogP contribution in [-0.2, 0) is 25.6 Å². The number of aliphatic imine (C=N–C) groups is 1. The van der Waals surface area contributed by atoms with E-state index in [0.717, 1.165) is 0 Å². The predicted molar refractivity (Wildman–Crippen MR) is 138 cm³/mol. The van der Waals surface area contributed by atoms with Crippen LogP contribution >= 0.6 is 0 Å². The molecule has 0 fully saturated rings. The molecule has 0 aliphatic heterocycles. The maximum Gasteiger partial charge on any atom is 0.326 e. The number of amides is 3. The van der Waals surface area contributed by atoms with E-state index in [1.807, 2.05) is 13.8 Å². The second-order valence-electron chi connectivity index (χ2n) is 9.26. The van der Waals surface area contributed by atoms with E-state index in [-0.39, 0.29) is 43.4 Å². The van der Waals surface area contributed by atoms with Gasteiger partial charge in [0.25, 0.3) is 0 Å². The van der Waals surface area contributed by atoms with Crippen LogP contribution in [0.1, 0.15) is 45.6 Å². The smallest absolute Gasteiger partial charge is 0.326 e. The Morgan fingerprint density at radius 2 is 1.43 bits per heavy atom. The zero-order valence-corrected chi connectivity index (χ0v) is 21.4. The monoisotopic (exact) mass is 521 g/mol. The van der Waals surface area contributed by atoms with Crippen molar-refractivity contribution < 1.29 is 29.4 Å². The van der Waals surface area contributed by atoms with Crippen LogP contribution in [0.25, 0.3) is 0 Å². The number of carbonyl (C=O) groups excluding carboxylic acids is 3. The van der Waals surface area contributed by atoms with E-state index >= 15 is 0 Å². The number of hydrogen-bond donors (Lipinski definition) is 8. The summed E-state index contributed by atoms with van der Waals surface area (Å²) in [6, 6.07) is 1.77. The number of carboxylic acid groups (broad SMARTS) is 1. The lowest BCUT2D eigenvalue weighted by Crippen LogP contribution is -2.57. The molecule has 13 heteroatoms. The maximum atomic E-state index is 13.2. The summed E-state index contributed by atoms with van der Waals surface area (Å²) in [5.41, 5.74) is 16.9. The topological polar surface area (TPSA) is 235 Å². The van der Waals surface area contributed by atoms with Gasteiger partial charge in [0, 0.05) is 13.0 Å². The van der Waals surface area contributed by atoms with E-state index in [9.17, 15) is 29.4 Å². The van der Waals surface area contributed by atoms with Crippen LogP contribution in [0.3, 0.4) is 0 Å². The molecule has 0 radical (unpaired) electrons. The predicted octanol–water partition coefficient (Wildman–Crippen LogP) is -1.08. The molecular weight excluding hydrogens is 482 g/mol. The number of nitrogens with one attached hydrogen (secondary N) is 3. The van der Waals surface area contributed by atoms with Gasteiger partial charge in [0.2, 0.25) is 17.7 Å². The number of aliphatic carboxylic acids is 1. The van der Waals surface area contributed by atoms with Crippen molar-refractivity contribution in [3.05, 3.63) is 29.8 Å². The molecule has 0 saturated carbocycles. The van der Waals surface area contributed by atoms with Gasteiger partial charge < -0.3 is 43.4 Å². The molecule has 4 atom stereocenters. The Morgan fingerprint density at radius 3 is 1.95 bits per heavy atom. The van der Waals surface area contributed by atoms with Gasteiger partial charge >= 0.3 is 5.97 Å². The highest BCUT2D eigenvalue weighted by atomic mass is 16.4. The molecule has 13 nitrogen and oxygen atoms in total. The van der Waals surface area contributed by atoms with Crippen LogP contribution in [0.5, 0.6) is 5.75 Å². The van der Waals surface area contributed by atoms with E-state index in [2.05, 4.69) is 20.9 Å². The molecule has 1 rings (SSSR count). The number of carboxylic acids is 1. The molecule has 37 heavy (non-hydrogen) atoms. The molecule has 0 saturated heterocycles. The minimum Gasteiger partial charge on any atom is -0.508 e. The Labute approximate surface area is 216 Å². The van der Waals surface area contributed by atoms with Gasteiger partial charge in [0.15, 0.2) is 5.96 Å². The van der Waals surface area contributed by atoms with Crippen molar-refractivity contribution in [2.24, 2.45) is 28.1 Å². The average Bonchev–Trinajstić information content (AvgIpc) is 2.80. The molecular formula is C24H39N7O6. The lowest BCUT2D eigenvalue weighted by Gasteiger charge is -2.25. The number of phenols is 1. The minimum atomic E-state index is -1.20. The normalized spacial score (nSPS) is 14.1. The molecule has 0 aromatic heterocycles. The van der Waals surface area contributed by atoms with Crippen LogP contribution in [0.4, 0.5) is 0 Å². The first kappa shape index (κ1) is 31.2. The van der Waals surface area contributed by atoms with Gasteiger partial charge in [-0.25, -0.2) is 4.79 Å². The lowest BCUT2D eigenvalue weighted by atomic mass is 10.0. The third-order valence-corrected chi connectivity index (χ3v) is 5.32. The Kier molecular flexibility index (Phi) is 12.9. The van der Waals surface area contributed by atoms with Gasteiger partial charge in [-0.1, -0.05) is 26.0 Å². The van der Waals surface area contributed by atoms with Crippen LogP contribution in [-0.4, -0.2) is 70.6 Å². The number of rotatable bonds is 15. The number of nitrogens with two attached hydrogens (primary N) is 3. The average molecular weight is 522 g/mol. The molecule has 3 amide bonds. The van der Waals surface area contributed by atoms with Crippen LogP contribution < -0.4 is 33.2 Å². The van der Waals surface area contributed by atoms with E-state index in [0.29, 0.717) is 12.0 Å². The van der Waals surface area contributed by atoms with Gasteiger partial charge in [-0.2, -0.15) is 0 Å². The van der Waals surface area contributed by atoms with Crippen LogP contribution in [0.15, 0.2) is 29.3 Å². The summed E-state index contributed by atoms with van der Waals surface area (Å²) >= 11 is 0. The number of phenolic OH excluding ortho intramolecular Hbond substituents is 1. The summed E-state index contributed by atoms with van der Waals surface area (Å²) in [4.78, 5) is 54.1. The molecule has 0 spiro atoms. The molecule has 1 aromatic rings. The molecule has 206 valence electrons. The molecule has 1 aromatic carbocycles. The fourth-order valence-corrected chi connectivity index (χ4v) is 3.39. The van der Waals surface area contributed by atoms with E-state index in [4.69, 9.17) is 17.2 Å². The Balaban J connectivity index is 3.15. The van der Waals surface area contributed by atoms with Crippen molar-refractivity contribution in [2.75, 3.05) is 6.54 Å². The molecule has 0 heterocycles. The Morgan fingerprint density at radius 1 is 0.892 bits per heavy atom. The van der Waals surface area contributed by atoms with E-state index in [1.165, 1.54) is 19.1 Å². The Hall–Kier alpha value is -3.87. The third kappa shape index (κ3) is 12.1. The summed E-state index contributed by atoms with van der Waals surface area (Å²) < 4.78 is 0. The number of benzene rings is 1. The van der Waals surface area contributed by atoms with Gasteiger partial charge in [-0.3, -0.25) is 19.4 Å². The first-order valence-electron chi connectivity index (χ1n) is 12.0. The van der Waals surface area contributed by atoms with E-state index in [1.54, 1.807) is 12.1 Å². The lowest BCUT2D eigenvalue weighted by molar-refractivity contribution is -0.142. The molecule has 0 aliphatic rings. The molecule has 4 unspecified atom stereocenters. The van der Waals surface area contributed by atoms with Crippen molar-refractivity contribution in [3.63, 3.8) is 0 Å². The largest absolute Gasteiger partial charge is 0.508 e. The second-order valence-corrected chi connectivity index (χ2v) is 9.26. The maximum absolute atomic E-state index is 13.2. The molecule has 0 aliphatic carbocycles. The van der Waals surface area contributed by atoms with Crippen LogP contribution in [0.2, 0.25) is 0 Å². The molecule has 0 bridgehead atoms. The van der Waals surface area contributed by atoms with Gasteiger partial charge in [0.05, 0.1) is 6.04 Å². The number of carbonyl (C=O) groups is 4. The number of aromatic hydroxyl groups is 1. The van der Waals surface area contributed by atoms with Gasteiger partial charge in [-0.15, -0.1) is 0 Å². The van der Waals surface area contributed by atoms with E-state index < -0.39 is 47.9 Å². The second kappa shape index (κ2) is 15.3. The van der Waals surface area contributed by atoms with Crippen molar-refractivity contribution in [1.82, 2.24) is 16.0 Å². The Bertz CT molecular complexity index is 945. The van der Waals surface area contributed by atoms with Gasteiger partial charge in [0.1, 0.15) is 23.9 Å². The van der Waals surface area contributed by atoms with Crippen molar-refractivity contribution >= 4 is 29.7 Å². The quantitative estimate of drug-likeness (QED) is 0.0794. The minimum absolute atomic E-state index is 0.00500. The standard InChI is InChI=1S/C24H39N7O6/c1-13(2)11-19(23(36)37)31-22(35)18(12-15-6-8-16(32)9-7-15)30-21(34)17(29-20(33)14(3)25)5-4-10-28-24(26)27/h6-9,13-14,17-19,32H,4-5,10-12,25H2,1-3H3,(H,29,33)(H,30,34)(H,31,35)(H,36,37)(H4,26,27,28). The summed E-state index contributed by atoms with van der Waals surface area (Å²) in [5, 5.41) is 26.8. The summed E-state index contributed by atoms with van der Waals surface area (Å²) in [6.45, 7) is 5.33. The third-order valence-electron chi connectivity index (χ3n) is 5.32. The fraction of sp³-hybridized carbons (Fsp3) is 0.542. The highest BCUT2D eigenvalue weighted by Crippen LogP contribution is 2.13. The number of nitrogens with zero attached hydrogens (tertiary/aromatic N) is 1. The van der Waals surface area contributed by atoms with Crippen LogP contribution in [0, 0.1) is 5.92 Å². The zero-order chi connectivity index (χ0) is 28.1. The zero-order valence-electron chi connectivity index (χ0n) is 21.4. The fourth-order valence-electron chi connectivity index (χ4n) is 3.39. The number of guanidine groups is 1. The summed E-state index contributed by atoms with van der Waals surface area (Å²) in [6.07, 6.45) is 0.700. The highest BCUT2D eigenvalue weighted by molar-refractivity contribution is 5.94. The SMILES string of the molecule is CC(C)CC(NC(=O)C(Cc1ccc(O)cc1)NC(=O)C(CCCN=C(N)N)NC(=O)C(C)N)C(=O)O. The summed E-state index contributed by atoms with van der Waals surface area (Å²) in [5.74, 6) is -3.21.